The van der Waals surface area contributed by atoms with Gasteiger partial charge in [0.15, 0.2) is 0 Å². The maximum atomic E-state index is 13.3. The number of para-hydroxylation sites is 1. The molecule has 11 heteroatoms. The van der Waals surface area contributed by atoms with Crippen molar-refractivity contribution in [3.05, 3.63) is 35.9 Å². The molecule has 3 saturated heterocycles. The van der Waals surface area contributed by atoms with Crippen LogP contribution in [-0.2, 0) is 19.7 Å². The average molecular weight is 476 g/mol. The molecule has 0 spiro atoms. The van der Waals surface area contributed by atoms with E-state index in [1.807, 2.05) is 35.2 Å². The predicted octanol–water partition coefficient (Wildman–Crippen LogP) is 0.406. The number of nitrogens with zero attached hydrogens (tertiary/aromatic N) is 5. The second kappa shape index (κ2) is 9.51. The van der Waals surface area contributed by atoms with Crippen LogP contribution in [0.4, 0.5) is 5.82 Å². The summed E-state index contributed by atoms with van der Waals surface area (Å²) < 4.78 is 39.7. The van der Waals surface area contributed by atoms with Gasteiger partial charge in [-0.25, -0.2) is 4.98 Å². The zero-order valence-electron chi connectivity index (χ0n) is 18.6. The lowest BCUT2D eigenvalue weighted by Gasteiger charge is -2.38. The normalized spacial score (nSPS) is 21.5. The van der Waals surface area contributed by atoms with Crippen molar-refractivity contribution in [2.45, 2.75) is 0 Å². The summed E-state index contributed by atoms with van der Waals surface area (Å²) in [4.78, 5) is 22.0. The van der Waals surface area contributed by atoms with Gasteiger partial charge in [0.1, 0.15) is 5.82 Å². The number of amides is 1. The van der Waals surface area contributed by atoms with Crippen molar-refractivity contribution in [3.8, 4) is 0 Å². The van der Waals surface area contributed by atoms with E-state index >= 15 is 0 Å². The Kier molecular flexibility index (Phi) is 6.48. The molecular formula is C22H29N5O5S. The molecule has 0 N–H and O–H groups in total. The van der Waals surface area contributed by atoms with Gasteiger partial charge in [-0.2, -0.15) is 17.0 Å². The number of hydrogen-bond acceptors (Lipinski definition) is 7. The lowest BCUT2D eigenvalue weighted by Crippen LogP contribution is -2.55. The van der Waals surface area contributed by atoms with Gasteiger partial charge in [-0.05, 0) is 12.1 Å². The van der Waals surface area contributed by atoms with Crippen LogP contribution in [0.5, 0.6) is 0 Å². The van der Waals surface area contributed by atoms with Crippen LogP contribution < -0.4 is 4.90 Å². The first-order valence-corrected chi connectivity index (χ1v) is 12.8. The zero-order valence-corrected chi connectivity index (χ0v) is 19.4. The summed E-state index contributed by atoms with van der Waals surface area (Å²) in [6, 6.07) is 9.51. The fourth-order valence-electron chi connectivity index (χ4n) is 4.53. The molecule has 0 radical (unpaired) electrons. The number of morpholine rings is 2. The van der Waals surface area contributed by atoms with Gasteiger partial charge in [-0.3, -0.25) is 4.79 Å². The first-order chi connectivity index (χ1) is 16.0. The van der Waals surface area contributed by atoms with E-state index in [0.29, 0.717) is 90.2 Å². The van der Waals surface area contributed by atoms with E-state index in [1.54, 1.807) is 0 Å². The first kappa shape index (κ1) is 22.5. The third kappa shape index (κ3) is 4.56. The van der Waals surface area contributed by atoms with E-state index in [2.05, 4.69) is 4.90 Å². The van der Waals surface area contributed by atoms with Crippen molar-refractivity contribution < 1.29 is 22.7 Å². The van der Waals surface area contributed by atoms with E-state index in [1.165, 1.54) is 8.61 Å². The average Bonchev–Trinajstić information content (AvgIpc) is 2.88. The molecule has 178 valence electrons. The molecule has 1 amide bonds. The highest BCUT2D eigenvalue weighted by Crippen LogP contribution is 2.26. The molecule has 1 aromatic carbocycles. The summed E-state index contributed by atoms with van der Waals surface area (Å²) in [5.74, 6) is 0.681. The summed E-state index contributed by atoms with van der Waals surface area (Å²) in [6.45, 7) is 5.65. The molecule has 3 fully saturated rings. The van der Waals surface area contributed by atoms with Gasteiger partial charge in [0.2, 0.25) is 0 Å². The summed E-state index contributed by atoms with van der Waals surface area (Å²) >= 11 is 0. The molecule has 3 aliphatic rings. The van der Waals surface area contributed by atoms with Crippen LogP contribution in [0.2, 0.25) is 0 Å². The smallest absolute Gasteiger partial charge is 0.282 e. The molecule has 3 aliphatic heterocycles. The van der Waals surface area contributed by atoms with Crippen LogP contribution >= 0.6 is 0 Å². The third-order valence-electron chi connectivity index (χ3n) is 6.42. The van der Waals surface area contributed by atoms with Gasteiger partial charge in [-0.1, -0.05) is 18.2 Å². The van der Waals surface area contributed by atoms with Crippen molar-refractivity contribution in [1.82, 2.24) is 18.5 Å². The van der Waals surface area contributed by atoms with E-state index < -0.39 is 10.2 Å². The maximum Gasteiger partial charge on any atom is 0.282 e. The number of anilines is 1. The Morgan fingerprint density at radius 3 is 2.12 bits per heavy atom. The van der Waals surface area contributed by atoms with Crippen LogP contribution in [0, 0.1) is 0 Å². The standard InChI is InChI=1S/C22H29N5O5S/c28-22(25-9-13-31-14-10-25)19-17-21(23-20-4-2-1-3-18(19)20)24-5-7-26(8-6-24)33(29,30)27-11-15-32-16-12-27/h1-4,17H,5-16H2. The lowest BCUT2D eigenvalue weighted by molar-refractivity contribution is 0.0304. The number of rotatable bonds is 4. The second-order valence-electron chi connectivity index (χ2n) is 8.36. The second-order valence-corrected chi connectivity index (χ2v) is 10.3. The summed E-state index contributed by atoms with van der Waals surface area (Å²) in [5, 5.41) is 0.825. The number of fused-ring (bicyclic) bond motifs is 1. The van der Waals surface area contributed by atoms with Gasteiger partial charge in [0.05, 0.1) is 37.5 Å². The van der Waals surface area contributed by atoms with Crippen molar-refractivity contribution in [3.63, 3.8) is 0 Å². The molecule has 0 saturated carbocycles. The summed E-state index contributed by atoms with van der Waals surface area (Å²) in [5.41, 5.74) is 1.39. The molecule has 1 aromatic heterocycles. The number of carbonyl (C=O) groups is 1. The van der Waals surface area contributed by atoms with Gasteiger partial charge in [0, 0.05) is 57.7 Å². The van der Waals surface area contributed by atoms with Crippen LogP contribution in [0.3, 0.4) is 0 Å². The highest BCUT2D eigenvalue weighted by atomic mass is 32.2. The van der Waals surface area contributed by atoms with E-state index in [4.69, 9.17) is 14.5 Å². The molecule has 4 heterocycles. The highest BCUT2D eigenvalue weighted by Gasteiger charge is 2.34. The van der Waals surface area contributed by atoms with Crippen molar-refractivity contribution in [2.75, 3.05) is 83.7 Å². The predicted molar refractivity (Wildman–Crippen MR) is 124 cm³/mol. The molecular weight excluding hydrogens is 446 g/mol. The third-order valence-corrected chi connectivity index (χ3v) is 8.45. The van der Waals surface area contributed by atoms with E-state index in [9.17, 15) is 13.2 Å². The Bertz CT molecular complexity index is 1110. The Labute approximate surface area is 193 Å². The Hall–Kier alpha value is -2.31. The molecule has 10 nitrogen and oxygen atoms in total. The number of pyridine rings is 1. The van der Waals surface area contributed by atoms with Crippen molar-refractivity contribution >= 4 is 32.8 Å². The first-order valence-electron chi connectivity index (χ1n) is 11.4. The highest BCUT2D eigenvalue weighted by molar-refractivity contribution is 7.86. The topological polar surface area (TPSA) is 95.5 Å². The van der Waals surface area contributed by atoms with Crippen molar-refractivity contribution in [1.29, 1.82) is 0 Å². The Morgan fingerprint density at radius 2 is 1.42 bits per heavy atom. The molecule has 33 heavy (non-hydrogen) atoms. The van der Waals surface area contributed by atoms with Gasteiger partial charge < -0.3 is 19.3 Å². The molecule has 2 aromatic rings. The van der Waals surface area contributed by atoms with Gasteiger partial charge in [-0.15, -0.1) is 0 Å². The molecule has 0 bridgehead atoms. The largest absolute Gasteiger partial charge is 0.379 e. The minimum absolute atomic E-state index is 0.0216. The Morgan fingerprint density at radius 1 is 0.818 bits per heavy atom. The maximum absolute atomic E-state index is 13.3. The fourth-order valence-corrected chi connectivity index (χ4v) is 6.09. The van der Waals surface area contributed by atoms with Crippen LogP contribution in [0.25, 0.3) is 10.9 Å². The zero-order chi connectivity index (χ0) is 22.8. The number of piperazine rings is 1. The van der Waals surface area contributed by atoms with E-state index in [-0.39, 0.29) is 5.91 Å². The minimum Gasteiger partial charge on any atom is -0.379 e. The van der Waals surface area contributed by atoms with Gasteiger partial charge >= 0.3 is 0 Å². The molecule has 0 aliphatic carbocycles. The SMILES string of the molecule is O=C(c1cc(N2CCN(S(=O)(=O)N3CCOCC3)CC2)nc2ccccc12)N1CCOCC1. The fraction of sp³-hybridized carbons (Fsp3) is 0.545. The number of ether oxygens (including phenoxy) is 2. The van der Waals surface area contributed by atoms with E-state index in [0.717, 1.165) is 10.9 Å². The summed E-state index contributed by atoms with van der Waals surface area (Å²) in [6.07, 6.45) is 0. The van der Waals surface area contributed by atoms with Crippen molar-refractivity contribution in [2.24, 2.45) is 0 Å². The van der Waals surface area contributed by atoms with Crippen LogP contribution in [-0.4, -0.2) is 112 Å². The molecule has 0 atom stereocenters. The monoisotopic (exact) mass is 475 g/mol. The minimum atomic E-state index is -3.49. The van der Waals surface area contributed by atoms with Crippen LogP contribution in [0.1, 0.15) is 10.4 Å². The Balaban J connectivity index is 1.36. The number of carbonyl (C=O) groups excluding carboxylic acids is 1. The number of aromatic nitrogens is 1. The van der Waals surface area contributed by atoms with Gasteiger partial charge in [0.25, 0.3) is 16.1 Å². The number of hydrogen-bond donors (Lipinski definition) is 0. The number of benzene rings is 1. The molecule has 0 unspecified atom stereocenters. The lowest BCUT2D eigenvalue weighted by atomic mass is 10.1. The van der Waals surface area contributed by atoms with Crippen LogP contribution in [0.15, 0.2) is 30.3 Å². The quantitative estimate of drug-likeness (QED) is 0.632. The molecule has 5 rings (SSSR count). The summed E-state index contributed by atoms with van der Waals surface area (Å²) in [7, 11) is -3.49.